The van der Waals surface area contributed by atoms with Gasteiger partial charge in [0.1, 0.15) is 5.75 Å². The maximum atomic E-state index is 12.0. The van der Waals surface area contributed by atoms with Crippen LogP contribution in [0, 0.1) is 5.92 Å². The number of rotatable bonds is 7. The number of methoxy groups -OCH3 is 1. The Bertz CT molecular complexity index is 513. The molecule has 5 nitrogen and oxygen atoms in total. The van der Waals surface area contributed by atoms with Crippen molar-refractivity contribution in [1.82, 2.24) is 15.5 Å². The van der Waals surface area contributed by atoms with Crippen LogP contribution in [-0.4, -0.2) is 44.2 Å². The molecule has 5 heteroatoms. The largest absolute Gasteiger partial charge is 0.497 e. The van der Waals surface area contributed by atoms with Gasteiger partial charge in [0.15, 0.2) is 0 Å². The average Bonchev–Trinajstić information content (AvgIpc) is 2.61. The Labute approximate surface area is 145 Å². The van der Waals surface area contributed by atoms with Crippen LogP contribution in [0.2, 0.25) is 0 Å². The minimum Gasteiger partial charge on any atom is -0.497 e. The van der Waals surface area contributed by atoms with Crippen molar-refractivity contribution in [3.63, 3.8) is 0 Å². The molecule has 0 aromatic heterocycles. The van der Waals surface area contributed by atoms with Gasteiger partial charge in [0, 0.05) is 13.1 Å². The fourth-order valence-electron chi connectivity index (χ4n) is 3.09. The van der Waals surface area contributed by atoms with Crippen molar-refractivity contribution < 1.29 is 9.53 Å². The number of hydrogen-bond donors (Lipinski definition) is 2. The molecule has 2 N–H and O–H groups in total. The first-order chi connectivity index (χ1) is 11.6. The van der Waals surface area contributed by atoms with Gasteiger partial charge in [-0.25, -0.2) is 4.79 Å². The highest BCUT2D eigenvalue weighted by Gasteiger charge is 2.23. The van der Waals surface area contributed by atoms with Crippen molar-refractivity contribution in [3.8, 4) is 5.75 Å². The molecule has 2 rings (SSSR count). The minimum absolute atomic E-state index is 0.0893. The highest BCUT2D eigenvalue weighted by atomic mass is 16.5. The van der Waals surface area contributed by atoms with Crippen LogP contribution in [0.15, 0.2) is 24.3 Å². The Hall–Kier alpha value is -1.75. The molecule has 0 aliphatic carbocycles. The second kappa shape index (κ2) is 9.52. The molecule has 0 radical (unpaired) electrons. The maximum Gasteiger partial charge on any atom is 0.314 e. The molecule has 1 aliphatic heterocycles. The minimum atomic E-state index is -0.0893. The topological polar surface area (TPSA) is 53.6 Å². The number of carbonyl (C=O) groups is 1. The third-order valence-corrected chi connectivity index (χ3v) is 4.44. The molecule has 134 valence electrons. The van der Waals surface area contributed by atoms with Gasteiger partial charge in [0.2, 0.25) is 0 Å². The Balaban J connectivity index is 2.03. The van der Waals surface area contributed by atoms with Crippen LogP contribution in [0.25, 0.3) is 0 Å². The molecule has 0 bridgehead atoms. The van der Waals surface area contributed by atoms with E-state index in [0.717, 1.165) is 18.8 Å². The molecule has 1 heterocycles. The van der Waals surface area contributed by atoms with Crippen LogP contribution >= 0.6 is 0 Å². The highest BCUT2D eigenvalue weighted by molar-refractivity contribution is 5.73. The third-order valence-electron chi connectivity index (χ3n) is 4.44. The monoisotopic (exact) mass is 333 g/mol. The van der Waals surface area contributed by atoms with Crippen molar-refractivity contribution >= 4 is 6.03 Å². The van der Waals surface area contributed by atoms with E-state index < -0.39 is 0 Å². The number of benzene rings is 1. The zero-order valence-corrected chi connectivity index (χ0v) is 15.2. The van der Waals surface area contributed by atoms with Crippen LogP contribution in [0.4, 0.5) is 4.79 Å². The van der Waals surface area contributed by atoms with Crippen LogP contribution in [0.1, 0.15) is 44.7 Å². The molecule has 24 heavy (non-hydrogen) atoms. The standard InChI is InChI=1S/C19H31N3O2/c1-15(2)13-20-19(23)21-14-18(22-10-5-4-6-11-22)16-8-7-9-17(12-16)24-3/h7-9,12,15,18H,4-6,10-11,13-14H2,1-3H3,(H2,20,21,23). The smallest absolute Gasteiger partial charge is 0.314 e. The summed E-state index contributed by atoms with van der Waals surface area (Å²) in [5.74, 6) is 1.31. The molecule has 1 aromatic rings. The number of likely N-dealkylation sites (tertiary alicyclic amines) is 1. The van der Waals surface area contributed by atoms with Gasteiger partial charge in [-0.3, -0.25) is 4.90 Å². The van der Waals surface area contributed by atoms with Crippen LogP contribution < -0.4 is 15.4 Å². The summed E-state index contributed by atoms with van der Waals surface area (Å²) < 4.78 is 5.36. The van der Waals surface area contributed by atoms with Crippen molar-refractivity contribution in [1.29, 1.82) is 0 Å². The molecule has 1 aliphatic rings. The molecule has 1 aromatic carbocycles. The van der Waals surface area contributed by atoms with Gasteiger partial charge in [-0.1, -0.05) is 32.4 Å². The number of amides is 2. The first-order valence-electron chi connectivity index (χ1n) is 9.00. The summed E-state index contributed by atoms with van der Waals surface area (Å²) in [5.41, 5.74) is 1.19. The number of nitrogens with one attached hydrogen (secondary N) is 2. The number of ether oxygens (including phenoxy) is 1. The predicted octanol–water partition coefficient (Wildman–Crippen LogP) is 3.18. The predicted molar refractivity (Wildman–Crippen MR) is 97.4 cm³/mol. The van der Waals surface area contributed by atoms with Gasteiger partial charge in [-0.05, 0) is 49.5 Å². The molecular weight excluding hydrogens is 302 g/mol. The Morgan fingerprint density at radius 2 is 1.88 bits per heavy atom. The molecule has 1 unspecified atom stereocenters. The number of hydrogen-bond acceptors (Lipinski definition) is 3. The number of urea groups is 1. The van der Waals surface area contributed by atoms with E-state index >= 15 is 0 Å². The summed E-state index contributed by atoms with van der Waals surface area (Å²) in [7, 11) is 1.69. The van der Waals surface area contributed by atoms with Gasteiger partial charge in [-0.15, -0.1) is 0 Å². The van der Waals surface area contributed by atoms with Gasteiger partial charge >= 0.3 is 6.03 Å². The van der Waals surface area contributed by atoms with Crippen LogP contribution in [0.3, 0.4) is 0 Å². The SMILES string of the molecule is COc1cccc(C(CNC(=O)NCC(C)C)N2CCCCC2)c1. The molecule has 1 saturated heterocycles. The molecule has 1 atom stereocenters. The number of carbonyl (C=O) groups excluding carboxylic acids is 1. The van der Waals surface area contributed by atoms with E-state index in [-0.39, 0.29) is 12.1 Å². The second-order valence-electron chi connectivity index (χ2n) is 6.87. The summed E-state index contributed by atoms with van der Waals surface area (Å²) in [6.45, 7) is 7.64. The molecule has 0 spiro atoms. The molecule has 2 amide bonds. The highest BCUT2D eigenvalue weighted by Crippen LogP contribution is 2.26. The lowest BCUT2D eigenvalue weighted by molar-refractivity contribution is 0.160. The second-order valence-corrected chi connectivity index (χ2v) is 6.87. The van der Waals surface area contributed by atoms with E-state index in [0.29, 0.717) is 19.0 Å². The average molecular weight is 333 g/mol. The van der Waals surface area contributed by atoms with Crippen molar-refractivity contribution in [2.45, 2.75) is 39.2 Å². The van der Waals surface area contributed by atoms with E-state index in [2.05, 4.69) is 41.5 Å². The third kappa shape index (κ3) is 5.71. The number of piperidine rings is 1. The van der Waals surface area contributed by atoms with Gasteiger partial charge in [-0.2, -0.15) is 0 Å². The Kier molecular flexibility index (Phi) is 7.37. The first-order valence-corrected chi connectivity index (χ1v) is 9.00. The molecule has 1 fully saturated rings. The quantitative estimate of drug-likeness (QED) is 0.806. The van der Waals surface area contributed by atoms with Crippen molar-refractivity contribution in [2.24, 2.45) is 5.92 Å². The van der Waals surface area contributed by atoms with Gasteiger partial charge in [0.05, 0.1) is 13.2 Å². The lowest BCUT2D eigenvalue weighted by atomic mass is 10.0. The maximum absolute atomic E-state index is 12.0. The van der Waals surface area contributed by atoms with Gasteiger partial charge < -0.3 is 15.4 Å². The Morgan fingerprint density at radius 3 is 2.54 bits per heavy atom. The molecule has 0 saturated carbocycles. The van der Waals surface area contributed by atoms with Crippen LogP contribution in [0.5, 0.6) is 5.75 Å². The van der Waals surface area contributed by atoms with E-state index in [4.69, 9.17) is 4.74 Å². The lowest BCUT2D eigenvalue weighted by Gasteiger charge is -2.35. The normalized spacial score (nSPS) is 16.7. The van der Waals surface area contributed by atoms with Gasteiger partial charge in [0.25, 0.3) is 0 Å². The fraction of sp³-hybridized carbons (Fsp3) is 0.632. The summed E-state index contributed by atoms with van der Waals surface area (Å²) in [4.78, 5) is 14.5. The first kappa shape index (κ1) is 18.6. The number of nitrogens with zero attached hydrogens (tertiary/aromatic N) is 1. The van der Waals surface area contributed by atoms with Crippen LogP contribution in [-0.2, 0) is 0 Å². The summed E-state index contributed by atoms with van der Waals surface area (Å²) in [6, 6.07) is 8.27. The van der Waals surface area contributed by atoms with E-state index in [1.54, 1.807) is 7.11 Å². The van der Waals surface area contributed by atoms with E-state index in [1.807, 2.05) is 12.1 Å². The lowest BCUT2D eigenvalue weighted by Crippen LogP contribution is -2.44. The molecular formula is C19H31N3O2. The zero-order valence-electron chi connectivity index (χ0n) is 15.2. The summed E-state index contributed by atoms with van der Waals surface area (Å²) >= 11 is 0. The van der Waals surface area contributed by atoms with Crippen molar-refractivity contribution in [3.05, 3.63) is 29.8 Å². The van der Waals surface area contributed by atoms with E-state index in [1.165, 1.54) is 24.8 Å². The summed E-state index contributed by atoms with van der Waals surface area (Å²) in [5, 5.41) is 5.96. The summed E-state index contributed by atoms with van der Waals surface area (Å²) in [6.07, 6.45) is 3.74. The van der Waals surface area contributed by atoms with Crippen molar-refractivity contribution in [2.75, 3.05) is 33.3 Å². The van der Waals surface area contributed by atoms with E-state index in [9.17, 15) is 4.79 Å². The Morgan fingerprint density at radius 1 is 1.17 bits per heavy atom. The fourth-order valence-corrected chi connectivity index (χ4v) is 3.09. The zero-order chi connectivity index (χ0) is 17.4.